The summed E-state index contributed by atoms with van der Waals surface area (Å²) in [5.41, 5.74) is -1.74. The third-order valence-corrected chi connectivity index (χ3v) is 11.4. The van der Waals surface area contributed by atoms with Crippen molar-refractivity contribution in [2.24, 2.45) is 17.8 Å². The number of phenolic OH excluding ortho intramolecular Hbond substituents is 1. The maximum Gasteiger partial charge on any atom is 0.423 e. The third kappa shape index (κ3) is 4.15. The highest BCUT2D eigenvalue weighted by atomic mass is 127. The molecule has 248 valence electrons. The minimum atomic E-state index is -2.76. The van der Waals surface area contributed by atoms with Crippen LogP contribution in [0.2, 0.25) is 0 Å². The van der Waals surface area contributed by atoms with Crippen molar-refractivity contribution in [3.63, 3.8) is 0 Å². The topological polar surface area (TPSA) is 131 Å². The van der Waals surface area contributed by atoms with Gasteiger partial charge in [-0.25, -0.2) is 31.6 Å². The zero-order chi connectivity index (χ0) is 34.7. The van der Waals surface area contributed by atoms with Crippen LogP contribution in [0.15, 0.2) is 23.8 Å². The first-order valence-corrected chi connectivity index (χ1v) is 15.3. The standard InChI is InChI=1S/C29H18Cl2F5IN2O8/c1-46-13-6-8(5-12(37)22(13)40)15-9-3-4-10-14(24(42)39(23(10)41)27(45)47-2)11(9)7-28(30)25(43)38(26(44)29(15,28)31)21-19(35)17(33)16(32)18(34)20(21)36/h3,5-6,10-11,14-15,40H,4,7H2,1-2H3. The van der Waals surface area contributed by atoms with E-state index in [9.17, 15) is 42.3 Å². The molecular formula is C29H18Cl2F5IN2O8. The number of likely N-dealkylation sites (tertiary alicyclic amines) is 1. The number of carbonyl (C=O) groups is 5. The number of amides is 5. The van der Waals surface area contributed by atoms with Gasteiger partial charge in [0.05, 0.1) is 29.6 Å². The number of benzene rings is 2. The molecule has 2 heterocycles. The van der Waals surface area contributed by atoms with Gasteiger partial charge in [-0.2, -0.15) is 4.90 Å². The monoisotopic (exact) mass is 814 g/mol. The molecule has 3 fully saturated rings. The van der Waals surface area contributed by atoms with Gasteiger partial charge in [0.25, 0.3) is 11.8 Å². The van der Waals surface area contributed by atoms with E-state index < -0.39 is 104 Å². The van der Waals surface area contributed by atoms with Gasteiger partial charge >= 0.3 is 6.09 Å². The van der Waals surface area contributed by atoms with Crippen LogP contribution in [0.3, 0.4) is 0 Å². The Morgan fingerprint density at radius 3 is 2.11 bits per heavy atom. The largest absolute Gasteiger partial charge is 0.504 e. The number of imide groups is 4. The Labute approximate surface area is 284 Å². The summed E-state index contributed by atoms with van der Waals surface area (Å²) in [6.45, 7) is 0. The second-order valence-corrected chi connectivity index (χ2v) is 13.6. The molecule has 4 aliphatic rings. The smallest absolute Gasteiger partial charge is 0.423 e. The SMILES string of the molecule is COC(=O)N1C(=O)C2CC=C3C(CC4(Cl)C(=O)N(c5c(F)c(F)c(F)c(F)c5F)C(=O)C4(Cl)C3c3cc(I)c(O)c(OC)c3)C2C1=O. The van der Waals surface area contributed by atoms with Gasteiger partial charge in [-0.15, -0.1) is 23.2 Å². The zero-order valence-electron chi connectivity index (χ0n) is 23.7. The number of methoxy groups -OCH3 is 2. The number of aromatic hydroxyl groups is 1. The number of alkyl halides is 2. The molecule has 6 unspecified atom stereocenters. The van der Waals surface area contributed by atoms with E-state index in [4.69, 9.17) is 27.9 Å². The number of anilines is 1. The maximum absolute atomic E-state index is 15.1. The summed E-state index contributed by atoms with van der Waals surface area (Å²) >= 11 is 15.8. The molecule has 0 aromatic heterocycles. The van der Waals surface area contributed by atoms with Crippen LogP contribution in [0.1, 0.15) is 24.3 Å². The Morgan fingerprint density at radius 1 is 0.936 bits per heavy atom. The summed E-state index contributed by atoms with van der Waals surface area (Å²) in [4.78, 5) is 62.1. The fourth-order valence-electron chi connectivity index (χ4n) is 7.13. The average Bonchev–Trinajstić information content (AvgIpc) is 3.38. The Hall–Kier alpha value is -3.51. The first-order chi connectivity index (χ1) is 22.0. The third-order valence-electron chi connectivity index (χ3n) is 9.18. The number of fused-ring (bicyclic) bond motifs is 4. The van der Waals surface area contributed by atoms with Crippen LogP contribution in [0.5, 0.6) is 11.5 Å². The molecule has 2 aliphatic carbocycles. The molecule has 6 atom stereocenters. The summed E-state index contributed by atoms with van der Waals surface area (Å²) in [5.74, 6) is -23.6. The van der Waals surface area contributed by atoms with E-state index in [2.05, 4.69) is 4.74 Å². The van der Waals surface area contributed by atoms with Crippen LogP contribution >= 0.6 is 45.8 Å². The van der Waals surface area contributed by atoms with E-state index in [1.165, 1.54) is 25.3 Å². The lowest BCUT2D eigenvalue weighted by atomic mass is 9.56. The molecule has 5 amide bonds. The lowest BCUT2D eigenvalue weighted by Gasteiger charge is -2.50. The lowest BCUT2D eigenvalue weighted by Crippen LogP contribution is -2.60. The Kier molecular flexibility index (Phi) is 7.83. The fraction of sp³-hybridized carbons (Fsp3) is 0.345. The van der Waals surface area contributed by atoms with E-state index in [1.807, 2.05) is 0 Å². The first kappa shape index (κ1) is 33.4. The van der Waals surface area contributed by atoms with Crippen LogP contribution < -0.4 is 9.64 Å². The Morgan fingerprint density at radius 2 is 1.53 bits per heavy atom. The van der Waals surface area contributed by atoms with Gasteiger partial charge in [-0.05, 0) is 59.0 Å². The normalized spacial score (nSPS) is 29.9. The van der Waals surface area contributed by atoms with Gasteiger partial charge < -0.3 is 14.6 Å². The molecule has 47 heavy (non-hydrogen) atoms. The van der Waals surface area contributed by atoms with Crippen LogP contribution in [0.4, 0.5) is 32.4 Å². The van der Waals surface area contributed by atoms with Crippen molar-refractivity contribution < 1.29 is 60.5 Å². The van der Waals surface area contributed by atoms with E-state index in [0.717, 1.165) is 7.11 Å². The van der Waals surface area contributed by atoms with Gasteiger partial charge in [-0.3, -0.25) is 19.2 Å². The van der Waals surface area contributed by atoms with Crippen LogP contribution in [0.25, 0.3) is 0 Å². The molecular weight excluding hydrogens is 797 g/mol. The molecule has 0 spiro atoms. The minimum Gasteiger partial charge on any atom is -0.504 e. The highest BCUT2D eigenvalue weighted by molar-refractivity contribution is 14.1. The number of rotatable bonds is 3. The van der Waals surface area contributed by atoms with Gasteiger partial charge in [0.15, 0.2) is 44.5 Å². The molecule has 2 aromatic rings. The van der Waals surface area contributed by atoms with Crippen molar-refractivity contribution in [1.29, 1.82) is 0 Å². The highest BCUT2D eigenvalue weighted by Gasteiger charge is 2.77. The maximum atomic E-state index is 15.1. The number of ether oxygens (including phenoxy) is 2. The number of hydrogen-bond donors (Lipinski definition) is 1. The molecule has 10 nitrogen and oxygen atoms in total. The molecule has 1 saturated carbocycles. The number of phenols is 1. The summed E-state index contributed by atoms with van der Waals surface area (Å²) in [6.07, 6.45) is -0.756. The molecule has 2 saturated heterocycles. The number of nitrogens with zero attached hydrogens (tertiary/aromatic N) is 2. The van der Waals surface area contributed by atoms with Crippen molar-refractivity contribution in [3.05, 3.63) is 62.0 Å². The summed E-state index contributed by atoms with van der Waals surface area (Å²) in [7, 11) is 2.14. The molecule has 2 aliphatic heterocycles. The van der Waals surface area contributed by atoms with Crippen LogP contribution in [-0.4, -0.2) is 63.7 Å². The fourth-order valence-corrected chi connectivity index (χ4v) is 8.69. The van der Waals surface area contributed by atoms with Crippen molar-refractivity contribution in [3.8, 4) is 11.5 Å². The molecule has 0 radical (unpaired) electrons. The van der Waals surface area contributed by atoms with E-state index >= 15 is 8.78 Å². The van der Waals surface area contributed by atoms with Crippen molar-refractivity contribution >= 4 is 81.2 Å². The van der Waals surface area contributed by atoms with Gasteiger partial charge in [0, 0.05) is 5.92 Å². The second kappa shape index (κ2) is 11.0. The predicted octanol–water partition coefficient (Wildman–Crippen LogP) is 5.03. The first-order valence-electron chi connectivity index (χ1n) is 13.5. The van der Waals surface area contributed by atoms with E-state index in [1.54, 1.807) is 22.6 Å². The number of halogens is 8. The predicted molar refractivity (Wildman–Crippen MR) is 158 cm³/mol. The number of carbonyl (C=O) groups excluding carboxylic acids is 5. The summed E-state index contributed by atoms with van der Waals surface area (Å²) in [6, 6.07) is 2.54. The van der Waals surface area contributed by atoms with Crippen molar-refractivity contribution in [2.75, 3.05) is 19.1 Å². The summed E-state index contributed by atoms with van der Waals surface area (Å²) in [5, 5.41) is 10.5. The Balaban J connectivity index is 1.62. The van der Waals surface area contributed by atoms with E-state index in [0.29, 0.717) is 4.90 Å². The number of allylic oxidation sites excluding steroid dienone is 2. The van der Waals surface area contributed by atoms with Crippen LogP contribution in [-0.2, 0) is 23.9 Å². The van der Waals surface area contributed by atoms with Crippen LogP contribution in [0, 0.1) is 50.4 Å². The zero-order valence-corrected chi connectivity index (χ0v) is 27.3. The molecule has 18 heteroatoms. The quantitative estimate of drug-likeness (QED) is 0.0870. The van der Waals surface area contributed by atoms with Gasteiger partial charge in [0.1, 0.15) is 5.69 Å². The van der Waals surface area contributed by atoms with Gasteiger partial charge in [-0.1, -0.05) is 11.6 Å². The van der Waals surface area contributed by atoms with E-state index in [-0.39, 0.29) is 37.5 Å². The minimum absolute atomic E-state index is 0.0282. The average molecular weight is 815 g/mol. The molecule has 2 aromatic carbocycles. The summed E-state index contributed by atoms with van der Waals surface area (Å²) < 4.78 is 82.8. The Bertz CT molecular complexity index is 1870. The lowest BCUT2D eigenvalue weighted by molar-refractivity contribution is -0.138. The van der Waals surface area contributed by atoms with Gasteiger partial charge in [0.2, 0.25) is 17.6 Å². The number of hydrogen-bond acceptors (Lipinski definition) is 8. The molecule has 1 N–H and O–H groups in total. The molecule has 6 rings (SSSR count). The highest BCUT2D eigenvalue weighted by Crippen LogP contribution is 2.66. The molecule has 0 bridgehead atoms. The van der Waals surface area contributed by atoms with Crippen molar-refractivity contribution in [1.82, 2.24) is 4.90 Å². The second-order valence-electron chi connectivity index (χ2n) is 11.2. The van der Waals surface area contributed by atoms with Crippen molar-refractivity contribution in [2.45, 2.75) is 28.5 Å².